The second-order valence-electron chi connectivity index (χ2n) is 5.60. The Hall–Kier alpha value is -2.73. The zero-order valence-corrected chi connectivity index (χ0v) is 14.6. The van der Waals surface area contributed by atoms with Crippen LogP contribution in [0.25, 0.3) is 11.2 Å². The Morgan fingerprint density at radius 1 is 1.28 bits per heavy atom. The van der Waals surface area contributed by atoms with E-state index in [1.165, 1.54) is 14.0 Å². The van der Waals surface area contributed by atoms with Crippen LogP contribution in [0.3, 0.4) is 0 Å². The molecule has 132 valence electrons. The Bertz CT molecular complexity index is 946. The van der Waals surface area contributed by atoms with Gasteiger partial charge in [-0.2, -0.15) is 9.97 Å². The average Bonchev–Trinajstić information content (AvgIpc) is 2.84. The van der Waals surface area contributed by atoms with Gasteiger partial charge in [-0.3, -0.25) is 9.13 Å². The molecule has 1 saturated heterocycles. The van der Waals surface area contributed by atoms with Gasteiger partial charge in [-0.05, 0) is 18.5 Å². The molecule has 0 aromatic carbocycles. The van der Waals surface area contributed by atoms with Crippen LogP contribution in [-0.2, 0) is 13.6 Å². The van der Waals surface area contributed by atoms with Crippen molar-refractivity contribution in [3.05, 3.63) is 15.8 Å². The molecule has 0 atom stereocenters. The van der Waals surface area contributed by atoms with Gasteiger partial charge in [0.2, 0.25) is 5.28 Å². The normalized spacial score (nSPS) is 14.5. The zero-order chi connectivity index (χ0) is 18.1. The molecule has 1 N–H and O–H groups in total. The predicted octanol–water partition coefficient (Wildman–Crippen LogP) is 0.607. The van der Waals surface area contributed by atoms with Gasteiger partial charge in [0.1, 0.15) is 5.52 Å². The highest BCUT2D eigenvalue weighted by Gasteiger charge is 2.26. The molecule has 9 nitrogen and oxygen atoms in total. The molecule has 0 spiro atoms. The molecule has 0 unspecified atom stereocenters. The van der Waals surface area contributed by atoms with Crippen molar-refractivity contribution in [1.29, 1.82) is 0 Å². The summed E-state index contributed by atoms with van der Waals surface area (Å²) in [5.74, 6) is 6.18. The number of hydrogen-bond donors (Lipinski definition) is 1. The summed E-state index contributed by atoms with van der Waals surface area (Å²) >= 11 is 6.05. The molecule has 0 saturated carbocycles. The number of carboxylic acid groups (broad SMARTS) is 1. The number of rotatable bonds is 2. The first-order chi connectivity index (χ1) is 11.9. The number of aryl methyl sites for hydroxylation is 1. The first-order valence-corrected chi connectivity index (χ1v) is 8.07. The van der Waals surface area contributed by atoms with Gasteiger partial charge in [0, 0.05) is 33.2 Å². The molecule has 3 heterocycles. The van der Waals surface area contributed by atoms with E-state index >= 15 is 0 Å². The van der Waals surface area contributed by atoms with E-state index in [2.05, 4.69) is 21.8 Å². The van der Waals surface area contributed by atoms with Gasteiger partial charge < -0.3 is 14.9 Å². The maximum atomic E-state index is 12.5. The van der Waals surface area contributed by atoms with Crippen molar-refractivity contribution in [3.63, 3.8) is 0 Å². The van der Waals surface area contributed by atoms with Crippen LogP contribution in [0.1, 0.15) is 6.92 Å². The highest BCUT2D eigenvalue weighted by atomic mass is 35.5. The summed E-state index contributed by atoms with van der Waals surface area (Å²) < 4.78 is 2.93. The minimum atomic E-state index is -0.944. The molecular formula is C15H17ClN6O3. The number of halogens is 1. The maximum absolute atomic E-state index is 12.5. The molecule has 0 bridgehead atoms. The molecule has 1 aliphatic heterocycles. The molecule has 1 amide bonds. The van der Waals surface area contributed by atoms with Crippen molar-refractivity contribution in [2.24, 2.45) is 7.05 Å². The lowest BCUT2D eigenvalue weighted by Gasteiger charge is -2.34. The van der Waals surface area contributed by atoms with Gasteiger partial charge in [0.15, 0.2) is 11.5 Å². The Balaban J connectivity index is 2.11. The summed E-state index contributed by atoms with van der Waals surface area (Å²) in [4.78, 5) is 35.4. The number of amides is 1. The van der Waals surface area contributed by atoms with Crippen LogP contribution >= 0.6 is 11.6 Å². The smallest absolute Gasteiger partial charge is 0.407 e. The Morgan fingerprint density at radius 3 is 2.56 bits per heavy atom. The number of aromatic nitrogens is 4. The third kappa shape index (κ3) is 3.00. The quantitative estimate of drug-likeness (QED) is 0.619. The molecule has 1 fully saturated rings. The number of carbonyl (C=O) groups is 1. The summed E-state index contributed by atoms with van der Waals surface area (Å²) in [6, 6.07) is 0. The van der Waals surface area contributed by atoms with Crippen LogP contribution in [0.5, 0.6) is 0 Å². The van der Waals surface area contributed by atoms with Gasteiger partial charge in [-0.25, -0.2) is 9.59 Å². The van der Waals surface area contributed by atoms with E-state index in [0.717, 1.165) is 0 Å². The Morgan fingerprint density at radius 2 is 1.96 bits per heavy atom. The fourth-order valence-corrected chi connectivity index (χ4v) is 3.04. The molecule has 25 heavy (non-hydrogen) atoms. The Labute approximate surface area is 148 Å². The standard InChI is InChI=1S/C15H17ClN6O3/c1-3-4-5-22-10-11(19(2)14(22)23)17-13(16)18-12(10)20-6-8-21(9-7-20)15(24)25/h5-9H2,1-2H3,(H,24,25). The topological polar surface area (TPSA) is 96.5 Å². The minimum absolute atomic E-state index is 0.0393. The van der Waals surface area contributed by atoms with E-state index in [9.17, 15) is 9.59 Å². The van der Waals surface area contributed by atoms with Gasteiger partial charge in [-0.1, -0.05) is 5.92 Å². The fraction of sp³-hybridized carbons (Fsp3) is 0.467. The number of fused-ring (bicyclic) bond motifs is 1. The van der Waals surface area contributed by atoms with Crippen LogP contribution < -0.4 is 10.6 Å². The number of nitrogens with zero attached hydrogens (tertiary/aromatic N) is 6. The summed E-state index contributed by atoms with van der Waals surface area (Å²) in [7, 11) is 1.62. The molecule has 3 rings (SSSR count). The Kier molecular flexibility index (Phi) is 4.55. The van der Waals surface area contributed by atoms with Gasteiger partial charge in [-0.15, -0.1) is 5.92 Å². The highest BCUT2D eigenvalue weighted by molar-refractivity contribution is 6.28. The maximum Gasteiger partial charge on any atom is 0.407 e. The fourth-order valence-electron chi connectivity index (χ4n) is 2.88. The van der Waals surface area contributed by atoms with Gasteiger partial charge in [0.25, 0.3) is 0 Å². The first kappa shape index (κ1) is 17.1. The molecule has 2 aromatic heterocycles. The summed E-state index contributed by atoms with van der Waals surface area (Å²) in [6.45, 7) is 3.54. The molecule has 1 aliphatic rings. The summed E-state index contributed by atoms with van der Waals surface area (Å²) in [5, 5.41) is 9.13. The zero-order valence-electron chi connectivity index (χ0n) is 13.9. The van der Waals surface area contributed by atoms with Crippen LogP contribution in [0.2, 0.25) is 5.28 Å². The lowest BCUT2D eigenvalue weighted by atomic mass is 10.3. The van der Waals surface area contributed by atoms with E-state index in [1.807, 2.05) is 4.90 Å². The van der Waals surface area contributed by atoms with E-state index in [0.29, 0.717) is 43.2 Å². The van der Waals surface area contributed by atoms with Crippen molar-refractivity contribution in [3.8, 4) is 11.8 Å². The van der Waals surface area contributed by atoms with Crippen LogP contribution in [-0.4, -0.2) is 61.4 Å². The SMILES string of the molecule is CC#CCn1c(=O)n(C)c2nc(Cl)nc(N3CCN(C(=O)O)CC3)c21. The number of piperazine rings is 1. The molecule has 0 radical (unpaired) electrons. The van der Waals surface area contributed by atoms with Gasteiger partial charge in [0.05, 0.1) is 6.54 Å². The number of hydrogen-bond acceptors (Lipinski definition) is 5. The van der Waals surface area contributed by atoms with E-state index < -0.39 is 6.09 Å². The average molecular weight is 365 g/mol. The monoisotopic (exact) mass is 364 g/mol. The van der Waals surface area contributed by atoms with Crippen molar-refractivity contribution < 1.29 is 9.90 Å². The van der Waals surface area contributed by atoms with Crippen LogP contribution in [0.15, 0.2) is 4.79 Å². The molecular weight excluding hydrogens is 348 g/mol. The largest absolute Gasteiger partial charge is 0.465 e. The highest BCUT2D eigenvalue weighted by Crippen LogP contribution is 2.25. The first-order valence-electron chi connectivity index (χ1n) is 7.69. The number of anilines is 1. The lowest BCUT2D eigenvalue weighted by molar-refractivity contribution is 0.142. The number of imidazole rings is 1. The van der Waals surface area contributed by atoms with Crippen LogP contribution in [0, 0.1) is 11.8 Å². The van der Waals surface area contributed by atoms with Gasteiger partial charge >= 0.3 is 11.8 Å². The summed E-state index contributed by atoms with van der Waals surface area (Å²) in [6.07, 6.45) is -0.944. The lowest BCUT2D eigenvalue weighted by Crippen LogP contribution is -2.48. The van der Waals surface area contributed by atoms with Crippen LogP contribution in [0.4, 0.5) is 10.6 Å². The third-order valence-electron chi connectivity index (χ3n) is 4.19. The second-order valence-corrected chi connectivity index (χ2v) is 5.94. The van der Waals surface area contributed by atoms with Crippen molar-refractivity contribution in [1.82, 2.24) is 24.0 Å². The molecule has 10 heteroatoms. The summed E-state index contributed by atoms with van der Waals surface area (Å²) in [5.41, 5.74) is 0.738. The van der Waals surface area contributed by atoms with Crippen molar-refractivity contribution >= 4 is 34.7 Å². The van der Waals surface area contributed by atoms with Crippen molar-refractivity contribution in [2.45, 2.75) is 13.5 Å². The van der Waals surface area contributed by atoms with E-state index in [4.69, 9.17) is 16.7 Å². The second kappa shape index (κ2) is 6.64. The predicted molar refractivity (Wildman–Crippen MR) is 93.0 cm³/mol. The van der Waals surface area contributed by atoms with E-state index in [1.54, 1.807) is 14.0 Å². The molecule has 0 aliphatic carbocycles. The molecule has 2 aromatic rings. The van der Waals surface area contributed by atoms with Crippen molar-refractivity contribution in [2.75, 3.05) is 31.1 Å². The third-order valence-corrected chi connectivity index (χ3v) is 4.36. The minimum Gasteiger partial charge on any atom is -0.465 e. The van der Waals surface area contributed by atoms with E-state index in [-0.39, 0.29) is 17.5 Å².